The van der Waals surface area contributed by atoms with Gasteiger partial charge in [-0.3, -0.25) is 0 Å². The van der Waals surface area contributed by atoms with E-state index in [0.717, 1.165) is 18.7 Å². The van der Waals surface area contributed by atoms with Crippen molar-refractivity contribution in [3.8, 4) is 5.75 Å². The first-order chi connectivity index (χ1) is 9.31. The van der Waals surface area contributed by atoms with Crippen LogP contribution in [0.1, 0.15) is 12.5 Å². The third kappa shape index (κ3) is 3.83. The minimum Gasteiger partial charge on any atom is -0.494 e. The molecule has 1 heterocycles. The van der Waals surface area contributed by atoms with E-state index in [0.29, 0.717) is 17.4 Å². The Morgan fingerprint density at radius 3 is 2.95 bits per heavy atom. The average molecular weight is 278 g/mol. The average Bonchev–Trinajstić information content (AvgIpc) is 2.43. The smallest absolute Gasteiger partial charge is 0.148 e. The predicted molar refractivity (Wildman–Crippen MR) is 76.8 cm³/mol. The molecule has 0 fully saturated rings. The van der Waals surface area contributed by atoms with Crippen molar-refractivity contribution in [2.45, 2.75) is 13.3 Å². The van der Waals surface area contributed by atoms with Crippen LogP contribution < -0.4 is 10.1 Å². The Morgan fingerprint density at radius 2 is 2.16 bits per heavy atom. The van der Waals surface area contributed by atoms with Gasteiger partial charge in [-0.15, -0.1) is 0 Å². The normalized spacial score (nSPS) is 10.2. The van der Waals surface area contributed by atoms with Gasteiger partial charge in [0.05, 0.1) is 12.8 Å². The molecule has 0 spiro atoms. The fourth-order valence-corrected chi connectivity index (χ4v) is 1.94. The summed E-state index contributed by atoms with van der Waals surface area (Å²) in [5.41, 5.74) is 1.17. The highest BCUT2D eigenvalue weighted by atomic mass is 35.5. The summed E-state index contributed by atoms with van der Waals surface area (Å²) in [4.78, 5) is 7.93. The first-order valence-electron chi connectivity index (χ1n) is 6.21. The van der Waals surface area contributed by atoms with E-state index in [-0.39, 0.29) is 0 Å². The van der Waals surface area contributed by atoms with Crippen LogP contribution in [0.4, 0.5) is 5.82 Å². The number of nitrogens with zero attached hydrogens (tertiary/aromatic N) is 2. The van der Waals surface area contributed by atoms with Gasteiger partial charge >= 0.3 is 0 Å². The van der Waals surface area contributed by atoms with E-state index < -0.39 is 0 Å². The summed E-state index contributed by atoms with van der Waals surface area (Å²) in [6.45, 7) is 3.39. The van der Waals surface area contributed by atoms with Crippen molar-refractivity contribution >= 4 is 17.4 Å². The summed E-state index contributed by atoms with van der Waals surface area (Å²) in [5.74, 6) is 1.59. The predicted octanol–water partition coefficient (Wildman–Crippen LogP) is 3.18. The molecule has 0 aliphatic heterocycles. The van der Waals surface area contributed by atoms with Crippen molar-refractivity contribution in [1.82, 2.24) is 9.97 Å². The molecule has 2 rings (SSSR count). The minimum absolute atomic E-state index is 0.528. The highest BCUT2D eigenvalue weighted by Gasteiger charge is 2.04. The fraction of sp³-hybridized carbons (Fsp3) is 0.286. The zero-order valence-corrected chi connectivity index (χ0v) is 11.5. The number of para-hydroxylation sites is 1. The van der Waals surface area contributed by atoms with Crippen molar-refractivity contribution in [1.29, 1.82) is 0 Å². The lowest BCUT2D eigenvalue weighted by atomic mass is 10.1. The first kappa shape index (κ1) is 13.6. The molecule has 0 radical (unpaired) electrons. The van der Waals surface area contributed by atoms with Crippen molar-refractivity contribution < 1.29 is 4.74 Å². The maximum absolute atomic E-state index is 5.97. The molecule has 0 aliphatic rings. The zero-order chi connectivity index (χ0) is 13.5. The van der Waals surface area contributed by atoms with Gasteiger partial charge in [-0.2, -0.15) is 0 Å². The minimum atomic E-state index is 0.528. The van der Waals surface area contributed by atoms with Gasteiger partial charge in [-0.25, -0.2) is 9.97 Å². The van der Waals surface area contributed by atoms with Crippen LogP contribution in [0.2, 0.25) is 5.02 Å². The molecular weight excluding hydrogens is 262 g/mol. The number of hydrogen-bond acceptors (Lipinski definition) is 4. The van der Waals surface area contributed by atoms with Gasteiger partial charge in [0.15, 0.2) is 0 Å². The lowest BCUT2D eigenvalue weighted by molar-refractivity contribution is 0.336. The summed E-state index contributed by atoms with van der Waals surface area (Å²) >= 11 is 5.97. The number of ether oxygens (including phenoxy) is 1. The van der Waals surface area contributed by atoms with Crippen LogP contribution in [0.5, 0.6) is 5.75 Å². The molecule has 1 N–H and O–H groups in total. The van der Waals surface area contributed by atoms with Gasteiger partial charge in [0.1, 0.15) is 22.9 Å². The monoisotopic (exact) mass is 277 g/mol. The Morgan fingerprint density at radius 1 is 1.32 bits per heavy atom. The summed E-state index contributed by atoms with van der Waals surface area (Å²) in [6.07, 6.45) is 3.89. The number of nitrogens with one attached hydrogen (secondary N) is 1. The molecular formula is C14H16ClN3O. The molecule has 0 amide bonds. The van der Waals surface area contributed by atoms with E-state index in [1.165, 1.54) is 11.9 Å². The molecule has 0 atom stereocenters. The largest absolute Gasteiger partial charge is 0.494 e. The molecule has 4 nitrogen and oxygen atoms in total. The van der Waals surface area contributed by atoms with Crippen LogP contribution in [0.3, 0.4) is 0 Å². The summed E-state index contributed by atoms with van der Waals surface area (Å²) < 4.78 is 5.58. The van der Waals surface area contributed by atoms with Crippen LogP contribution in [0.25, 0.3) is 0 Å². The number of halogens is 1. The quantitative estimate of drug-likeness (QED) is 0.881. The Kier molecular flexibility index (Phi) is 4.98. The van der Waals surface area contributed by atoms with Crippen LogP contribution in [-0.2, 0) is 6.42 Å². The molecule has 0 saturated heterocycles. The lowest BCUT2D eigenvalue weighted by Gasteiger charge is -2.11. The molecule has 0 saturated carbocycles. The highest BCUT2D eigenvalue weighted by molar-refractivity contribution is 6.32. The molecule has 0 bridgehead atoms. The van der Waals surface area contributed by atoms with E-state index >= 15 is 0 Å². The highest BCUT2D eigenvalue weighted by Crippen LogP contribution is 2.20. The number of anilines is 1. The maximum atomic E-state index is 5.97. The lowest BCUT2D eigenvalue weighted by Crippen LogP contribution is -2.08. The van der Waals surface area contributed by atoms with E-state index in [1.807, 2.05) is 25.1 Å². The number of rotatable bonds is 6. The van der Waals surface area contributed by atoms with Crippen molar-refractivity contribution in [2.24, 2.45) is 0 Å². The molecule has 100 valence electrons. The Balaban J connectivity index is 1.94. The summed E-state index contributed by atoms with van der Waals surface area (Å²) in [5, 5.41) is 3.72. The maximum Gasteiger partial charge on any atom is 0.148 e. The van der Waals surface area contributed by atoms with Crippen LogP contribution in [0, 0.1) is 0 Å². The fourth-order valence-electron chi connectivity index (χ4n) is 1.76. The molecule has 1 aromatic carbocycles. The Labute approximate surface area is 117 Å². The standard InChI is InChI=1S/C14H16ClN3O/c1-2-19-13-6-4-3-5-11(13)7-8-17-14-12(15)9-16-10-18-14/h3-6,9-10H,2,7-8H2,1H3,(H,16,17,18). The summed E-state index contributed by atoms with van der Waals surface area (Å²) in [6, 6.07) is 8.03. The van der Waals surface area contributed by atoms with E-state index in [4.69, 9.17) is 16.3 Å². The van der Waals surface area contributed by atoms with Crippen molar-refractivity contribution in [2.75, 3.05) is 18.5 Å². The second-order valence-corrected chi connectivity index (χ2v) is 4.34. The van der Waals surface area contributed by atoms with Gasteiger partial charge in [0.25, 0.3) is 0 Å². The topological polar surface area (TPSA) is 47.0 Å². The molecule has 1 aromatic heterocycles. The molecule has 0 aliphatic carbocycles. The third-order valence-electron chi connectivity index (χ3n) is 2.63. The summed E-state index contributed by atoms with van der Waals surface area (Å²) in [7, 11) is 0. The number of benzene rings is 1. The third-order valence-corrected chi connectivity index (χ3v) is 2.90. The number of hydrogen-bond donors (Lipinski definition) is 1. The van der Waals surface area contributed by atoms with Crippen molar-refractivity contribution in [3.05, 3.63) is 47.4 Å². The van der Waals surface area contributed by atoms with Crippen LogP contribution in [0.15, 0.2) is 36.8 Å². The Bertz CT molecular complexity index is 534. The molecule has 2 aromatic rings. The van der Waals surface area contributed by atoms with Gasteiger partial charge < -0.3 is 10.1 Å². The van der Waals surface area contributed by atoms with Crippen molar-refractivity contribution in [3.63, 3.8) is 0 Å². The van der Waals surface area contributed by atoms with Gasteiger partial charge in [0, 0.05) is 6.54 Å². The molecule has 0 unspecified atom stereocenters. The first-order valence-corrected chi connectivity index (χ1v) is 6.59. The SMILES string of the molecule is CCOc1ccccc1CCNc1ncncc1Cl. The second kappa shape index (κ2) is 6.95. The molecule has 5 heteroatoms. The number of aromatic nitrogens is 2. The van der Waals surface area contributed by atoms with Gasteiger partial charge in [0.2, 0.25) is 0 Å². The van der Waals surface area contributed by atoms with Gasteiger partial charge in [-0.05, 0) is 25.0 Å². The van der Waals surface area contributed by atoms with E-state index in [9.17, 15) is 0 Å². The van der Waals surface area contributed by atoms with E-state index in [1.54, 1.807) is 6.20 Å². The Hall–Kier alpha value is -1.81. The second-order valence-electron chi connectivity index (χ2n) is 3.94. The van der Waals surface area contributed by atoms with Crippen LogP contribution in [-0.4, -0.2) is 23.1 Å². The van der Waals surface area contributed by atoms with Gasteiger partial charge in [-0.1, -0.05) is 29.8 Å². The zero-order valence-electron chi connectivity index (χ0n) is 10.8. The van der Waals surface area contributed by atoms with Crippen LogP contribution >= 0.6 is 11.6 Å². The van der Waals surface area contributed by atoms with E-state index in [2.05, 4.69) is 21.4 Å². The molecule has 19 heavy (non-hydrogen) atoms.